The highest BCUT2D eigenvalue weighted by atomic mass is 16.5. The predicted octanol–water partition coefficient (Wildman–Crippen LogP) is 5.29. The first-order valence-electron chi connectivity index (χ1n) is 12.4. The zero-order chi connectivity index (χ0) is 24.8. The van der Waals surface area contributed by atoms with E-state index < -0.39 is 6.10 Å². The van der Waals surface area contributed by atoms with Gasteiger partial charge in [0.1, 0.15) is 5.75 Å². The van der Waals surface area contributed by atoms with E-state index in [1.54, 1.807) is 0 Å². The molecule has 2 amide bonds. The predicted molar refractivity (Wildman–Crippen MR) is 138 cm³/mol. The quantitative estimate of drug-likeness (QED) is 0.487. The molecule has 5 nitrogen and oxygen atoms in total. The number of amides is 2. The first-order chi connectivity index (χ1) is 17.0. The summed E-state index contributed by atoms with van der Waals surface area (Å²) in [6, 6.07) is 25.8. The third-order valence-corrected chi connectivity index (χ3v) is 6.49. The third kappa shape index (κ3) is 5.73. The average Bonchev–Trinajstić information content (AvgIpc) is 2.90. The van der Waals surface area contributed by atoms with Gasteiger partial charge < -0.3 is 15.0 Å². The standard InChI is InChI=1S/C30H34N2O3/c1-4-27(29(33)31-20-22-11-7-5-8-12-22)35-25-16-15-23-17-18-32(30(34)21(2)3)28(26(23)19-25)24-13-9-6-10-14-24/h5-16,19,21,27-28H,4,17-18,20H2,1-3H3,(H,31,33). The van der Waals surface area contributed by atoms with Gasteiger partial charge >= 0.3 is 0 Å². The Morgan fingerprint density at radius 2 is 1.69 bits per heavy atom. The second-order valence-electron chi connectivity index (χ2n) is 9.33. The lowest BCUT2D eigenvalue weighted by Crippen LogP contribution is -2.42. The summed E-state index contributed by atoms with van der Waals surface area (Å²) in [7, 11) is 0. The number of hydrogen-bond donors (Lipinski definition) is 1. The van der Waals surface area contributed by atoms with Crippen LogP contribution in [-0.2, 0) is 22.6 Å². The summed E-state index contributed by atoms with van der Waals surface area (Å²) in [6.45, 7) is 6.98. The molecule has 35 heavy (non-hydrogen) atoms. The summed E-state index contributed by atoms with van der Waals surface area (Å²) in [4.78, 5) is 28.0. The number of benzene rings is 3. The van der Waals surface area contributed by atoms with Crippen LogP contribution in [0.15, 0.2) is 78.9 Å². The summed E-state index contributed by atoms with van der Waals surface area (Å²) in [5, 5.41) is 2.98. The normalized spacial score (nSPS) is 15.9. The molecule has 0 saturated carbocycles. The topological polar surface area (TPSA) is 58.6 Å². The van der Waals surface area contributed by atoms with Gasteiger partial charge in [-0.1, -0.05) is 87.5 Å². The molecule has 1 aliphatic heterocycles. The van der Waals surface area contributed by atoms with Crippen LogP contribution in [0.4, 0.5) is 0 Å². The maximum atomic E-state index is 13.1. The Morgan fingerprint density at radius 1 is 1.00 bits per heavy atom. The summed E-state index contributed by atoms with van der Waals surface area (Å²) in [6.07, 6.45) is 0.758. The van der Waals surface area contributed by atoms with Crippen LogP contribution in [0, 0.1) is 5.92 Å². The van der Waals surface area contributed by atoms with Crippen LogP contribution in [0.1, 0.15) is 55.5 Å². The van der Waals surface area contributed by atoms with Gasteiger partial charge in [0.15, 0.2) is 6.10 Å². The van der Waals surface area contributed by atoms with Gasteiger partial charge in [-0.3, -0.25) is 9.59 Å². The van der Waals surface area contributed by atoms with Crippen LogP contribution >= 0.6 is 0 Å². The van der Waals surface area contributed by atoms with Crippen molar-refractivity contribution >= 4 is 11.8 Å². The van der Waals surface area contributed by atoms with E-state index in [-0.39, 0.29) is 23.8 Å². The van der Waals surface area contributed by atoms with Crippen molar-refractivity contribution in [2.45, 2.75) is 52.3 Å². The highest BCUT2D eigenvalue weighted by Gasteiger charge is 2.33. The SMILES string of the molecule is CCC(Oc1ccc2c(c1)C(c1ccccc1)N(C(=O)C(C)C)CC2)C(=O)NCc1ccccc1. The van der Waals surface area contributed by atoms with Crippen LogP contribution in [0.3, 0.4) is 0 Å². The molecule has 0 aliphatic carbocycles. The van der Waals surface area contributed by atoms with Crippen molar-refractivity contribution in [3.63, 3.8) is 0 Å². The monoisotopic (exact) mass is 470 g/mol. The largest absolute Gasteiger partial charge is 0.481 e. The molecule has 1 heterocycles. The number of hydrogen-bond acceptors (Lipinski definition) is 3. The van der Waals surface area contributed by atoms with Gasteiger partial charge in [0, 0.05) is 19.0 Å². The molecule has 0 fully saturated rings. The van der Waals surface area contributed by atoms with E-state index in [1.165, 1.54) is 5.56 Å². The highest BCUT2D eigenvalue weighted by molar-refractivity contribution is 5.81. The van der Waals surface area contributed by atoms with Crippen LogP contribution in [0.2, 0.25) is 0 Å². The van der Waals surface area contributed by atoms with Gasteiger partial charge in [0.25, 0.3) is 5.91 Å². The summed E-state index contributed by atoms with van der Waals surface area (Å²) in [5.41, 5.74) is 4.39. The number of nitrogens with zero attached hydrogens (tertiary/aromatic N) is 1. The molecule has 0 spiro atoms. The number of nitrogens with one attached hydrogen (secondary N) is 1. The van der Waals surface area contributed by atoms with Crippen molar-refractivity contribution in [1.29, 1.82) is 0 Å². The van der Waals surface area contributed by atoms with Gasteiger partial charge in [-0.25, -0.2) is 0 Å². The summed E-state index contributed by atoms with van der Waals surface area (Å²) in [5.74, 6) is 0.568. The first kappa shape index (κ1) is 24.5. The Bertz CT molecular complexity index is 1140. The first-order valence-corrected chi connectivity index (χ1v) is 12.4. The molecule has 4 rings (SSSR count). The average molecular weight is 471 g/mol. The second-order valence-corrected chi connectivity index (χ2v) is 9.33. The molecule has 0 aromatic heterocycles. The fourth-order valence-electron chi connectivity index (χ4n) is 4.62. The van der Waals surface area contributed by atoms with E-state index in [0.717, 1.165) is 23.1 Å². The number of rotatable bonds is 8. The zero-order valence-corrected chi connectivity index (χ0v) is 20.7. The Hall–Kier alpha value is -3.60. The Balaban J connectivity index is 1.58. The van der Waals surface area contributed by atoms with E-state index in [9.17, 15) is 9.59 Å². The minimum atomic E-state index is -0.594. The maximum absolute atomic E-state index is 13.1. The molecular weight excluding hydrogens is 436 g/mol. The molecule has 2 unspecified atom stereocenters. The molecule has 0 radical (unpaired) electrons. The molecule has 3 aromatic rings. The van der Waals surface area contributed by atoms with E-state index in [0.29, 0.717) is 25.3 Å². The maximum Gasteiger partial charge on any atom is 0.261 e. The molecular formula is C30H34N2O3. The molecule has 182 valence electrons. The molecule has 0 bridgehead atoms. The van der Waals surface area contributed by atoms with Crippen molar-refractivity contribution in [2.75, 3.05) is 6.54 Å². The summed E-state index contributed by atoms with van der Waals surface area (Å²) >= 11 is 0. The second kappa shape index (κ2) is 11.2. The number of ether oxygens (including phenoxy) is 1. The van der Waals surface area contributed by atoms with E-state index in [1.807, 2.05) is 86.3 Å². The van der Waals surface area contributed by atoms with E-state index in [4.69, 9.17) is 4.74 Å². The van der Waals surface area contributed by atoms with Crippen LogP contribution < -0.4 is 10.1 Å². The molecule has 5 heteroatoms. The third-order valence-electron chi connectivity index (χ3n) is 6.49. The number of carbonyl (C=O) groups excluding carboxylic acids is 2. The van der Waals surface area contributed by atoms with Crippen molar-refractivity contribution in [1.82, 2.24) is 10.2 Å². The lowest BCUT2D eigenvalue weighted by atomic mass is 9.87. The smallest absolute Gasteiger partial charge is 0.261 e. The molecule has 2 atom stereocenters. The van der Waals surface area contributed by atoms with Gasteiger partial charge in [0.05, 0.1) is 6.04 Å². The number of carbonyl (C=O) groups is 2. The van der Waals surface area contributed by atoms with Gasteiger partial charge in [-0.2, -0.15) is 0 Å². The van der Waals surface area contributed by atoms with Crippen LogP contribution in [0.25, 0.3) is 0 Å². The molecule has 3 aromatic carbocycles. The zero-order valence-electron chi connectivity index (χ0n) is 20.7. The Labute approximate surface area is 208 Å². The minimum absolute atomic E-state index is 0.0834. The van der Waals surface area contributed by atoms with Crippen molar-refractivity contribution < 1.29 is 14.3 Å². The van der Waals surface area contributed by atoms with Crippen LogP contribution in [-0.4, -0.2) is 29.4 Å². The lowest BCUT2D eigenvalue weighted by Gasteiger charge is -2.39. The van der Waals surface area contributed by atoms with E-state index >= 15 is 0 Å². The fraction of sp³-hybridized carbons (Fsp3) is 0.333. The van der Waals surface area contributed by atoms with Crippen molar-refractivity contribution in [2.24, 2.45) is 5.92 Å². The van der Waals surface area contributed by atoms with Gasteiger partial charge in [-0.05, 0) is 47.2 Å². The van der Waals surface area contributed by atoms with Crippen molar-refractivity contribution in [3.05, 3.63) is 101 Å². The fourth-order valence-corrected chi connectivity index (χ4v) is 4.62. The van der Waals surface area contributed by atoms with Gasteiger partial charge in [-0.15, -0.1) is 0 Å². The Morgan fingerprint density at radius 3 is 2.34 bits per heavy atom. The number of fused-ring (bicyclic) bond motifs is 1. The van der Waals surface area contributed by atoms with Gasteiger partial charge in [0.2, 0.25) is 5.91 Å². The lowest BCUT2D eigenvalue weighted by molar-refractivity contribution is -0.136. The van der Waals surface area contributed by atoms with Crippen molar-refractivity contribution in [3.8, 4) is 5.75 Å². The van der Waals surface area contributed by atoms with E-state index in [2.05, 4.69) is 23.5 Å². The Kier molecular flexibility index (Phi) is 7.86. The molecule has 1 aliphatic rings. The minimum Gasteiger partial charge on any atom is -0.481 e. The molecule has 0 saturated heterocycles. The van der Waals surface area contributed by atoms with Crippen LogP contribution in [0.5, 0.6) is 5.75 Å². The highest BCUT2D eigenvalue weighted by Crippen LogP contribution is 2.38. The summed E-state index contributed by atoms with van der Waals surface area (Å²) < 4.78 is 6.19. The molecule has 1 N–H and O–H groups in total.